The first-order valence-corrected chi connectivity index (χ1v) is 5.01. The van der Waals surface area contributed by atoms with Crippen LogP contribution in [0.15, 0.2) is 6.07 Å². The molecule has 1 aromatic heterocycles. The zero-order valence-corrected chi connectivity index (χ0v) is 8.95. The molecule has 1 heterocycles. The molecule has 0 aromatic carbocycles. The third-order valence-corrected chi connectivity index (χ3v) is 2.08. The van der Waals surface area contributed by atoms with Crippen LogP contribution in [0.1, 0.15) is 45.2 Å². The fourth-order valence-corrected chi connectivity index (χ4v) is 1.31. The summed E-state index contributed by atoms with van der Waals surface area (Å²) in [4.78, 5) is 7.01. The van der Waals surface area contributed by atoms with Crippen molar-refractivity contribution in [2.45, 2.75) is 45.1 Å². The molecule has 0 radical (unpaired) electrons. The normalized spacial score (nSPS) is 17.1. The highest BCUT2D eigenvalue weighted by atomic mass is 16.7. The summed E-state index contributed by atoms with van der Waals surface area (Å²) in [5, 5.41) is 4.33. The van der Waals surface area contributed by atoms with Crippen LogP contribution in [0.4, 0.5) is 5.82 Å². The fourth-order valence-electron chi connectivity index (χ4n) is 1.31. The molecule has 1 aliphatic rings. The maximum atomic E-state index is 5.79. The first-order valence-electron chi connectivity index (χ1n) is 5.01. The lowest BCUT2D eigenvalue weighted by molar-refractivity contribution is -0.0305. The first kappa shape index (κ1) is 9.37. The van der Waals surface area contributed by atoms with Crippen molar-refractivity contribution < 1.29 is 4.84 Å². The summed E-state index contributed by atoms with van der Waals surface area (Å²) in [7, 11) is 0. The molecule has 0 aliphatic heterocycles. The van der Waals surface area contributed by atoms with E-state index in [1.807, 2.05) is 26.8 Å². The SMILES string of the molecule is CC(C)(C)On1nc(C2CC2)cc1N. The monoisotopic (exact) mass is 195 g/mol. The minimum Gasteiger partial charge on any atom is -0.389 e. The molecule has 1 aliphatic carbocycles. The van der Waals surface area contributed by atoms with Gasteiger partial charge in [0, 0.05) is 12.0 Å². The van der Waals surface area contributed by atoms with Gasteiger partial charge in [0.25, 0.3) is 0 Å². The number of hydrogen-bond donors (Lipinski definition) is 1. The highest BCUT2D eigenvalue weighted by Crippen LogP contribution is 2.39. The smallest absolute Gasteiger partial charge is 0.163 e. The molecule has 0 atom stereocenters. The van der Waals surface area contributed by atoms with Gasteiger partial charge in [0.15, 0.2) is 5.82 Å². The standard InChI is InChI=1S/C10H17N3O/c1-10(2,3)14-13-9(11)6-8(12-13)7-4-5-7/h6-7H,4-5,11H2,1-3H3. The van der Waals surface area contributed by atoms with Crippen LogP contribution in [0.2, 0.25) is 0 Å². The number of nitrogens with zero attached hydrogens (tertiary/aromatic N) is 2. The van der Waals surface area contributed by atoms with Gasteiger partial charge < -0.3 is 10.6 Å². The van der Waals surface area contributed by atoms with E-state index >= 15 is 0 Å². The molecule has 1 fully saturated rings. The Hall–Kier alpha value is -1.19. The van der Waals surface area contributed by atoms with E-state index in [-0.39, 0.29) is 5.60 Å². The quantitative estimate of drug-likeness (QED) is 0.779. The van der Waals surface area contributed by atoms with Crippen molar-refractivity contribution in [3.05, 3.63) is 11.8 Å². The molecule has 4 nitrogen and oxygen atoms in total. The van der Waals surface area contributed by atoms with Crippen LogP contribution in [0.3, 0.4) is 0 Å². The zero-order valence-electron chi connectivity index (χ0n) is 8.95. The first-order chi connectivity index (χ1) is 6.46. The lowest BCUT2D eigenvalue weighted by atomic mass is 10.2. The summed E-state index contributed by atoms with van der Waals surface area (Å²) in [5.41, 5.74) is 6.59. The number of aromatic nitrogens is 2. The van der Waals surface area contributed by atoms with Gasteiger partial charge in [0.1, 0.15) is 5.60 Å². The lowest BCUT2D eigenvalue weighted by Crippen LogP contribution is -2.32. The summed E-state index contributed by atoms with van der Waals surface area (Å²) < 4.78 is 0. The van der Waals surface area contributed by atoms with E-state index < -0.39 is 0 Å². The van der Waals surface area contributed by atoms with E-state index in [2.05, 4.69) is 5.10 Å². The van der Waals surface area contributed by atoms with E-state index in [0.29, 0.717) is 11.7 Å². The van der Waals surface area contributed by atoms with Crippen LogP contribution in [-0.4, -0.2) is 15.5 Å². The van der Waals surface area contributed by atoms with E-state index in [1.54, 1.807) is 0 Å². The second-order valence-corrected chi connectivity index (χ2v) is 4.84. The van der Waals surface area contributed by atoms with Gasteiger partial charge in [0.05, 0.1) is 5.69 Å². The molecule has 2 N–H and O–H groups in total. The Balaban J connectivity index is 2.16. The minimum atomic E-state index is -0.263. The highest BCUT2D eigenvalue weighted by molar-refractivity contribution is 5.33. The molecule has 14 heavy (non-hydrogen) atoms. The summed E-state index contributed by atoms with van der Waals surface area (Å²) in [5.74, 6) is 1.20. The van der Waals surface area contributed by atoms with Crippen molar-refractivity contribution in [2.24, 2.45) is 0 Å². The summed E-state index contributed by atoms with van der Waals surface area (Å²) in [6.07, 6.45) is 2.46. The average molecular weight is 195 g/mol. The molecular weight excluding hydrogens is 178 g/mol. The molecule has 1 aromatic rings. The van der Waals surface area contributed by atoms with Crippen LogP contribution in [0.25, 0.3) is 0 Å². The molecule has 0 saturated heterocycles. The molecule has 0 bridgehead atoms. The number of nitrogen functional groups attached to an aromatic ring is 1. The summed E-state index contributed by atoms with van der Waals surface area (Å²) >= 11 is 0. The van der Waals surface area contributed by atoms with Crippen LogP contribution < -0.4 is 10.6 Å². The largest absolute Gasteiger partial charge is 0.389 e. The maximum absolute atomic E-state index is 5.79. The van der Waals surface area contributed by atoms with E-state index in [9.17, 15) is 0 Å². The Kier molecular flexibility index (Phi) is 1.94. The van der Waals surface area contributed by atoms with E-state index in [4.69, 9.17) is 10.6 Å². The van der Waals surface area contributed by atoms with Crippen molar-refractivity contribution in [2.75, 3.05) is 5.73 Å². The van der Waals surface area contributed by atoms with Crippen molar-refractivity contribution in [3.63, 3.8) is 0 Å². The predicted molar refractivity (Wildman–Crippen MR) is 54.9 cm³/mol. The van der Waals surface area contributed by atoms with Gasteiger partial charge >= 0.3 is 0 Å². The molecule has 4 heteroatoms. The van der Waals surface area contributed by atoms with E-state index in [0.717, 1.165) is 5.69 Å². The number of anilines is 1. The highest BCUT2D eigenvalue weighted by Gasteiger charge is 2.27. The molecular formula is C10H17N3O. The van der Waals surface area contributed by atoms with Crippen molar-refractivity contribution >= 4 is 5.82 Å². The predicted octanol–water partition coefficient (Wildman–Crippen LogP) is 1.57. The second-order valence-electron chi connectivity index (χ2n) is 4.84. The number of nitrogens with two attached hydrogens (primary N) is 1. The Morgan fingerprint density at radius 3 is 2.64 bits per heavy atom. The number of rotatable bonds is 2. The maximum Gasteiger partial charge on any atom is 0.163 e. The van der Waals surface area contributed by atoms with Crippen molar-refractivity contribution in [1.82, 2.24) is 9.94 Å². The van der Waals surface area contributed by atoms with Crippen molar-refractivity contribution in [3.8, 4) is 0 Å². The Labute approximate surface area is 84.0 Å². The third-order valence-electron chi connectivity index (χ3n) is 2.08. The van der Waals surface area contributed by atoms with Gasteiger partial charge in [-0.2, -0.15) is 0 Å². The van der Waals surface area contributed by atoms with Crippen LogP contribution in [0.5, 0.6) is 0 Å². The molecule has 2 rings (SSSR count). The van der Waals surface area contributed by atoms with Crippen LogP contribution in [0, 0.1) is 0 Å². The fraction of sp³-hybridized carbons (Fsp3) is 0.700. The second kappa shape index (κ2) is 2.90. The van der Waals surface area contributed by atoms with Crippen LogP contribution >= 0.6 is 0 Å². The van der Waals surface area contributed by atoms with Gasteiger partial charge in [-0.15, -0.1) is 5.10 Å². The van der Waals surface area contributed by atoms with Crippen LogP contribution in [-0.2, 0) is 0 Å². The third kappa shape index (κ3) is 2.00. The van der Waals surface area contributed by atoms with Gasteiger partial charge in [-0.3, -0.25) is 0 Å². The Morgan fingerprint density at radius 1 is 1.50 bits per heavy atom. The molecule has 0 amide bonds. The van der Waals surface area contributed by atoms with Crippen molar-refractivity contribution in [1.29, 1.82) is 0 Å². The molecule has 0 spiro atoms. The Morgan fingerprint density at radius 2 is 2.14 bits per heavy atom. The summed E-state index contributed by atoms with van der Waals surface area (Å²) in [6, 6.07) is 1.91. The molecule has 0 unspecified atom stereocenters. The average Bonchev–Trinajstić information content (AvgIpc) is 2.77. The topological polar surface area (TPSA) is 53.1 Å². The lowest BCUT2D eigenvalue weighted by Gasteiger charge is -2.20. The van der Waals surface area contributed by atoms with E-state index in [1.165, 1.54) is 17.7 Å². The van der Waals surface area contributed by atoms with Gasteiger partial charge in [-0.05, 0) is 33.6 Å². The van der Waals surface area contributed by atoms with Gasteiger partial charge in [0.2, 0.25) is 0 Å². The molecule has 78 valence electrons. The van der Waals surface area contributed by atoms with Gasteiger partial charge in [-0.25, -0.2) is 0 Å². The summed E-state index contributed by atoms with van der Waals surface area (Å²) in [6.45, 7) is 5.93. The number of hydrogen-bond acceptors (Lipinski definition) is 3. The minimum absolute atomic E-state index is 0.263. The Bertz CT molecular complexity index is 334. The molecule has 1 saturated carbocycles. The van der Waals surface area contributed by atoms with Gasteiger partial charge in [-0.1, -0.05) is 4.85 Å². The zero-order chi connectivity index (χ0) is 10.3.